The van der Waals surface area contributed by atoms with Crippen LogP contribution in [0.4, 0.5) is 0 Å². The van der Waals surface area contributed by atoms with Crippen molar-refractivity contribution in [3.63, 3.8) is 0 Å². The predicted octanol–water partition coefficient (Wildman–Crippen LogP) is 3.63. The molecule has 2 rings (SSSR count). The lowest BCUT2D eigenvalue weighted by Gasteiger charge is -2.20. The summed E-state index contributed by atoms with van der Waals surface area (Å²) in [5.41, 5.74) is 2.26. The largest absolute Gasteiger partial charge is 0.383 e. The number of benzene rings is 1. The van der Waals surface area contributed by atoms with Crippen molar-refractivity contribution >= 4 is 22.6 Å². The molecule has 0 aliphatic heterocycles. The van der Waals surface area contributed by atoms with Crippen LogP contribution in [0.15, 0.2) is 18.2 Å². The van der Waals surface area contributed by atoms with Crippen LogP contribution < -0.4 is 0 Å². The minimum atomic E-state index is 0.192. The van der Waals surface area contributed by atoms with Gasteiger partial charge in [-0.25, -0.2) is 4.98 Å². The predicted molar refractivity (Wildman–Crippen MR) is 79.8 cm³/mol. The van der Waals surface area contributed by atoms with Crippen molar-refractivity contribution in [2.75, 3.05) is 13.7 Å². The fraction of sp³-hybridized carbons (Fsp3) is 0.467. The minimum absolute atomic E-state index is 0.192. The molecule has 0 saturated heterocycles. The zero-order valence-corrected chi connectivity index (χ0v) is 12.5. The Kier molecular flexibility index (Phi) is 4.99. The monoisotopic (exact) mass is 291 g/mol. The van der Waals surface area contributed by atoms with Gasteiger partial charge in [-0.3, -0.25) is 0 Å². The van der Waals surface area contributed by atoms with Gasteiger partial charge >= 0.3 is 0 Å². The van der Waals surface area contributed by atoms with Crippen molar-refractivity contribution in [2.45, 2.75) is 31.7 Å². The molecule has 0 bridgehead atoms. The number of methoxy groups -OCH3 is 1. The molecular weight excluding hydrogens is 274 g/mol. The van der Waals surface area contributed by atoms with Crippen molar-refractivity contribution in [3.8, 4) is 6.07 Å². The van der Waals surface area contributed by atoms with Gasteiger partial charge < -0.3 is 9.30 Å². The lowest BCUT2D eigenvalue weighted by molar-refractivity contribution is 0.151. The van der Waals surface area contributed by atoms with E-state index < -0.39 is 0 Å². The second kappa shape index (κ2) is 6.74. The quantitative estimate of drug-likeness (QED) is 0.764. The Hall–Kier alpha value is -1.57. The van der Waals surface area contributed by atoms with Gasteiger partial charge in [0, 0.05) is 7.11 Å². The second-order valence-corrected chi connectivity index (χ2v) is 4.98. The van der Waals surface area contributed by atoms with Gasteiger partial charge in [0.2, 0.25) is 0 Å². The van der Waals surface area contributed by atoms with Gasteiger partial charge in [0.1, 0.15) is 17.4 Å². The Labute approximate surface area is 123 Å². The molecule has 5 heteroatoms. The Morgan fingerprint density at radius 2 is 2.30 bits per heavy atom. The highest BCUT2D eigenvalue weighted by atomic mass is 35.5. The molecule has 1 aromatic carbocycles. The zero-order chi connectivity index (χ0) is 14.5. The second-order valence-electron chi connectivity index (χ2n) is 4.71. The highest BCUT2D eigenvalue weighted by Gasteiger charge is 2.19. The first kappa shape index (κ1) is 14.8. The molecule has 0 spiro atoms. The fourth-order valence-electron chi connectivity index (χ4n) is 2.57. The first-order valence-electron chi connectivity index (χ1n) is 6.71. The topological polar surface area (TPSA) is 50.8 Å². The number of hydrogen-bond acceptors (Lipinski definition) is 3. The number of imidazole rings is 1. The molecule has 106 valence electrons. The van der Waals surface area contributed by atoms with Crippen LogP contribution in [0.3, 0.4) is 0 Å². The number of ether oxygens (including phenoxy) is 1. The van der Waals surface area contributed by atoms with E-state index in [4.69, 9.17) is 16.3 Å². The molecule has 4 nitrogen and oxygen atoms in total. The van der Waals surface area contributed by atoms with Gasteiger partial charge in [-0.2, -0.15) is 5.26 Å². The molecular formula is C15H18ClN3O. The smallest absolute Gasteiger partial charge is 0.125 e. The maximum Gasteiger partial charge on any atom is 0.125 e. The van der Waals surface area contributed by atoms with E-state index in [-0.39, 0.29) is 6.04 Å². The number of alkyl halides is 1. The van der Waals surface area contributed by atoms with E-state index in [1.54, 1.807) is 13.2 Å². The van der Waals surface area contributed by atoms with Crippen LogP contribution in [-0.4, -0.2) is 23.3 Å². The fourth-order valence-corrected chi connectivity index (χ4v) is 2.76. The molecule has 1 aromatic heterocycles. The molecule has 0 aliphatic carbocycles. The van der Waals surface area contributed by atoms with Crippen LogP contribution >= 0.6 is 11.6 Å². The van der Waals surface area contributed by atoms with Gasteiger partial charge in [-0.05, 0) is 18.6 Å². The Balaban J connectivity index is 2.63. The van der Waals surface area contributed by atoms with Crippen molar-refractivity contribution in [1.29, 1.82) is 5.26 Å². The summed E-state index contributed by atoms with van der Waals surface area (Å²) in [7, 11) is 1.70. The van der Waals surface area contributed by atoms with Crippen molar-refractivity contribution in [3.05, 3.63) is 29.6 Å². The molecule has 2 aromatic rings. The average molecular weight is 292 g/mol. The van der Waals surface area contributed by atoms with Gasteiger partial charge in [0.05, 0.1) is 29.6 Å². The molecule has 0 radical (unpaired) electrons. The first-order chi connectivity index (χ1) is 9.76. The first-order valence-corrected chi connectivity index (χ1v) is 7.25. The number of aromatic nitrogens is 2. The van der Waals surface area contributed by atoms with Gasteiger partial charge in [-0.1, -0.05) is 19.4 Å². The molecule has 0 aliphatic rings. The summed E-state index contributed by atoms with van der Waals surface area (Å²) in [5, 5.41) is 9.20. The number of fused-ring (bicyclic) bond motifs is 1. The Morgan fingerprint density at radius 1 is 1.50 bits per heavy atom. The van der Waals surface area contributed by atoms with Gasteiger partial charge in [-0.15, -0.1) is 11.6 Å². The number of halogens is 1. The summed E-state index contributed by atoms with van der Waals surface area (Å²) < 4.78 is 7.45. The van der Waals surface area contributed by atoms with Crippen molar-refractivity contribution in [1.82, 2.24) is 9.55 Å². The number of nitriles is 1. The Bertz CT molecular complexity index is 624. The summed E-state index contributed by atoms with van der Waals surface area (Å²) in [6.07, 6.45) is 2.04. The molecule has 20 heavy (non-hydrogen) atoms. The van der Waals surface area contributed by atoms with Gasteiger partial charge in [0.15, 0.2) is 0 Å². The van der Waals surface area contributed by atoms with E-state index in [2.05, 4.69) is 22.5 Å². The molecule has 1 unspecified atom stereocenters. The van der Waals surface area contributed by atoms with E-state index in [1.807, 2.05) is 12.1 Å². The van der Waals surface area contributed by atoms with Crippen LogP contribution in [-0.2, 0) is 10.6 Å². The van der Waals surface area contributed by atoms with Crippen molar-refractivity contribution < 1.29 is 4.74 Å². The molecule has 1 atom stereocenters. The summed E-state index contributed by atoms with van der Waals surface area (Å²) in [5.74, 6) is 1.11. The third kappa shape index (κ3) is 2.65. The third-order valence-electron chi connectivity index (χ3n) is 3.38. The van der Waals surface area contributed by atoms with E-state index in [1.165, 1.54) is 0 Å². The normalized spacial score (nSPS) is 12.5. The van der Waals surface area contributed by atoms with Crippen LogP contribution in [0.5, 0.6) is 0 Å². The van der Waals surface area contributed by atoms with Crippen molar-refractivity contribution in [2.24, 2.45) is 0 Å². The van der Waals surface area contributed by atoms with E-state index in [0.717, 1.165) is 29.7 Å². The number of hydrogen-bond donors (Lipinski definition) is 0. The number of rotatable bonds is 6. The number of nitrogens with zero attached hydrogens (tertiary/aromatic N) is 3. The minimum Gasteiger partial charge on any atom is -0.383 e. The lowest BCUT2D eigenvalue weighted by Crippen LogP contribution is -2.16. The van der Waals surface area contributed by atoms with Gasteiger partial charge in [0.25, 0.3) is 0 Å². The molecule has 0 N–H and O–H groups in total. The van der Waals surface area contributed by atoms with E-state index in [0.29, 0.717) is 18.1 Å². The highest BCUT2D eigenvalue weighted by Crippen LogP contribution is 2.27. The number of para-hydroxylation sites is 1. The molecule has 0 amide bonds. The maximum absolute atomic E-state index is 9.20. The lowest BCUT2D eigenvalue weighted by atomic mass is 10.1. The summed E-state index contributed by atoms with van der Waals surface area (Å²) >= 11 is 6.04. The zero-order valence-electron chi connectivity index (χ0n) is 11.8. The van der Waals surface area contributed by atoms with Crippen LogP contribution in [0, 0.1) is 11.3 Å². The average Bonchev–Trinajstić information content (AvgIpc) is 2.85. The maximum atomic E-state index is 9.20. The highest BCUT2D eigenvalue weighted by molar-refractivity contribution is 6.16. The SMILES string of the molecule is CCCC(COC)n1c(CCl)nc2c(C#N)cccc21. The standard InChI is InChI=1S/C15H18ClN3O/c1-3-5-12(10-20-2)19-13-7-4-6-11(9-17)15(13)18-14(19)8-16/h4,6-7,12H,3,5,8,10H2,1-2H3. The summed E-state index contributed by atoms with van der Waals surface area (Å²) in [4.78, 5) is 4.54. The third-order valence-corrected chi connectivity index (χ3v) is 3.62. The Morgan fingerprint density at radius 3 is 2.90 bits per heavy atom. The molecule has 0 fully saturated rings. The van der Waals surface area contributed by atoms with Crippen LogP contribution in [0.2, 0.25) is 0 Å². The molecule has 0 saturated carbocycles. The summed E-state index contributed by atoms with van der Waals surface area (Å²) in [6.45, 7) is 2.75. The summed E-state index contributed by atoms with van der Waals surface area (Å²) in [6, 6.07) is 8.03. The van der Waals surface area contributed by atoms with Crippen LogP contribution in [0.25, 0.3) is 11.0 Å². The molecule has 1 heterocycles. The van der Waals surface area contributed by atoms with E-state index >= 15 is 0 Å². The van der Waals surface area contributed by atoms with E-state index in [9.17, 15) is 5.26 Å². The van der Waals surface area contributed by atoms with Crippen LogP contribution in [0.1, 0.15) is 37.2 Å².